The van der Waals surface area contributed by atoms with Gasteiger partial charge >= 0.3 is 0 Å². The van der Waals surface area contributed by atoms with Gasteiger partial charge in [-0.05, 0) is 24.3 Å². The van der Waals surface area contributed by atoms with E-state index in [-0.39, 0.29) is 5.91 Å². The van der Waals surface area contributed by atoms with Crippen molar-refractivity contribution < 1.29 is 13.9 Å². The number of thiocarbonyl (C=S) groups is 1. The van der Waals surface area contributed by atoms with Crippen molar-refractivity contribution in [2.75, 3.05) is 7.11 Å². The fourth-order valence-electron chi connectivity index (χ4n) is 1.11. The minimum atomic E-state index is -0.393. The second kappa shape index (κ2) is 5.97. The van der Waals surface area contributed by atoms with E-state index in [2.05, 4.69) is 17.5 Å². The van der Waals surface area contributed by atoms with E-state index in [1.165, 1.54) is 37.5 Å². The Labute approximate surface area is 97.9 Å². The summed E-state index contributed by atoms with van der Waals surface area (Å²) in [5.41, 5.74) is 1.59. The van der Waals surface area contributed by atoms with Gasteiger partial charge in [-0.3, -0.25) is 4.79 Å². The molecule has 0 heterocycles. The van der Waals surface area contributed by atoms with Gasteiger partial charge in [0.05, 0.1) is 12.6 Å². The van der Waals surface area contributed by atoms with E-state index >= 15 is 0 Å². The second-order valence-corrected chi connectivity index (χ2v) is 3.08. The molecule has 0 radical (unpaired) electrons. The fraction of sp³-hybridized carbons (Fsp3) is 0.0909. The van der Waals surface area contributed by atoms with Crippen molar-refractivity contribution in [2.24, 2.45) is 0 Å². The molecule has 84 valence electrons. The molecule has 0 atom stereocenters. The number of rotatable bonds is 4. The van der Waals surface area contributed by atoms with E-state index in [1.54, 1.807) is 0 Å². The van der Waals surface area contributed by atoms with Crippen molar-refractivity contribution >= 4 is 29.7 Å². The third-order valence-electron chi connectivity index (χ3n) is 1.81. The molecule has 0 aliphatic heterocycles. The normalized spacial score (nSPS) is 10.1. The molecule has 1 aromatic rings. The molecule has 0 aromatic heterocycles. The summed E-state index contributed by atoms with van der Waals surface area (Å²) in [6.45, 7) is 0. The number of amides is 1. The number of hydrogen-bond acceptors (Lipinski definition) is 3. The minimum Gasteiger partial charge on any atom is -0.496 e. The van der Waals surface area contributed by atoms with Gasteiger partial charge in [0.15, 0.2) is 0 Å². The van der Waals surface area contributed by atoms with Gasteiger partial charge in [0.2, 0.25) is 5.91 Å². The highest BCUT2D eigenvalue weighted by Crippen LogP contribution is 2.20. The van der Waals surface area contributed by atoms with Crippen LogP contribution in [-0.4, -0.2) is 18.5 Å². The first-order valence-corrected chi connectivity index (χ1v) is 4.90. The smallest absolute Gasteiger partial charge is 0.248 e. The van der Waals surface area contributed by atoms with E-state index < -0.39 is 5.82 Å². The van der Waals surface area contributed by atoms with Gasteiger partial charge in [-0.2, -0.15) is 0 Å². The summed E-state index contributed by atoms with van der Waals surface area (Å²) >= 11 is 4.45. The van der Waals surface area contributed by atoms with E-state index in [1.807, 2.05) is 0 Å². The van der Waals surface area contributed by atoms with Crippen molar-refractivity contribution in [1.29, 1.82) is 0 Å². The lowest BCUT2D eigenvalue weighted by atomic mass is 10.2. The monoisotopic (exact) mass is 239 g/mol. The Morgan fingerprint density at radius 1 is 1.56 bits per heavy atom. The maximum atomic E-state index is 12.9. The molecule has 1 amide bonds. The van der Waals surface area contributed by atoms with Crippen LogP contribution in [0.25, 0.3) is 6.08 Å². The molecule has 0 unspecified atom stereocenters. The zero-order valence-corrected chi connectivity index (χ0v) is 9.38. The van der Waals surface area contributed by atoms with Crippen molar-refractivity contribution in [1.82, 2.24) is 5.32 Å². The lowest BCUT2D eigenvalue weighted by Crippen LogP contribution is -2.16. The molecule has 0 bridgehead atoms. The highest BCUT2D eigenvalue weighted by molar-refractivity contribution is 7.78. The summed E-state index contributed by atoms with van der Waals surface area (Å²) in [6.07, 6.45) is 2.70. The van der Waals surface area contributed by atoms with Gasteiger partial charge < -0.3 is 10.1 Å². The zero-order chi connectivity index (χ0) is 12.0. The Kier molecular flexibility index (Phi) is 4.60. The van der Waals surface area contributed by atoms with Crippen LogP contribution >= 0.6 is 12.2 Å². The molecular formula is C11H10FNO2S. The number of halogens is 1. The van der Waals surface area contributed by atoms with Gasteiger partial charge in [-0.15, -0.1) is 0 Å². The topological polar surface area (TPSA) is 38.3 Å². The number of methoxy groups -OCH3 is 1. The Balaban J connectivity index is 2.90. The largest absolute Gasteiger partial charge is 0.496 e. The highest BCUT2D eigenvalue weighted by atomic mass is 32.1. The van der Waals surface area contributed by atoms with Gasteiger partial charge in [0.25, 0.3) is 0 Å². The van der Waals surface area contributed by atoms with Crippen LogP contribution < -0.4 is 10.1 Å². The van der Waals surface area contributed by atoms with Gasteiger partial charge in [-0.25, -0.2) is 4.39 Å². The molecule has 1 aromatic carbocycles. The van der Waals surface area contributed by atoms with Crippen LogP contribution in [0.1, 0.15) is 5.56 Å². The number of nitrogens with one attached hydrogen (secondary N) is 1. The highest BCUT2D eigenvalue weighted by Gasteiger charge is 2.01. The van der Waals surface area contributed by atoms with Crippen molar-refractivity contribution in [2.45, 2.75) is 0 Å². The summed E-state index contributed by atoms with van der Waals surface area (Å²) < 4.78 is 18.0. The second-order valence-electron chi connectivity index (χ2n) is 2.85. The molecule has 0 saturated carbocycles. The first-order chi connectivity index (χ1) is 7.67. The molecule has 1 rings (SSSR count). The van der Waals surface area contributed by atoms with Crippen LogP contribution in [0, 0.1) is 5.82 Å². The Morgan fingerprint density at radius 2 is 2.31 bits per heavy atom. The van der Waals surface area contributed by atoms with E-state index in [0.717, 1.165) is 5.49 Å². The quantitative estimate of drug-likeness (QED) is 0.644. The molecule has 16 heavy (non-hydrogen) atoms. The predicted molar refractivity (Wildman–Crippen MR) is 63.8 cm³/mol. The van der Waals surface area contributed by atoms with Crippen LogP contribution in [0.2, 0.25) is 0 Å². The van der Waals surface area contributed by atoms with E-state index in [9.17, 15) is 9.18 Å². The number of ether oxygens (including phenoxy) is 1. The van der Waals surface area contributed by atoms with Gasteiger partial charge in [0.1, 0.15) is 11.6 Å². The SMILES string of the molecule is COc1ccc(F)cc1C=CC(=O)NC=S. The number of carbonyl (C=O) groups is 1. The zero-order valence-electron chi connectivity index (χ0n) is 8.57. The summed E-state index contributed by atoms with van der Waals surface area (Å²) in [5, 5.41) is 2.30. The molecule has 0 spiro atoms. The summed E-state index contributed by atoms with van der Waals surface area (Å²) in [5.74, 6) is -0.273. The molecule has 0 fully saturated rings. The molecule has 1 N–H and O–H groups in total. The molecule has 3 nitrogen and oxygen atoms in total. The first kappa shape index (κ1) is 12.3. The third-order valence-corrected chi connectivity index (χ3v) is 1.93. The fourth-order valence-corrected chi connectivity index (χ4v) is 1.22. The van der Waals surface area contributed by atoms with Crippen molar-refractivity contribution in [3.63, 3.8) is 0 Å². The third kappa shape index (κ3) is 3.43. The summed E-state index contributed by atoms with van der Waals surface area (Å²) in [6, 6.07) is 4.05. The van der Waals surface area contributed by atoms with E-state index in [4.69, 9.17) is 4.74 Å². The van der Waals surface area contributed by atoms with Crippen LogP contribution in [0.15, 0.2) is 24.3 Å². The first-order valence-electron chi connectivity index (χ1n) is 4.43. The van der Waals surface area contributed by atoms with Crippen LogP contribution in [0.5, 0.6) is 5.75 Å². The minimum absolute atomic E-state index is 0.374. The lowest BCUT2D eigenvalue weighted by molar-refractivity contribution is -0.115. The van der Waals surface area contributed by atoms with Crippen LogP contribution in [0.3, 0.4) is 0 Å². The maximum absolute atomic E-state index is 12.9. The average Bonchev–Trinajstić information content (AvgIpc) is 2.27. The Morgan fingerprint density at radius 3 is 2.94 bits per heavy atom. The van der Waals surface area contributed by atoms with Crippen LogP contribution in [0.4, 0.5) is 4.39 Å². The van der Waals surface area contributed by atoms with Gasteiger partial charge in [-0.1, -0.05) is 12.2 Å². The summed E-state index contributed by atoms with van der Waals surface area (Å²) in [7, 11) is 1.47. The van der Waals surface area contributed by atoms with Gasteiger partial charge in [0, 0.05) is 11.6 Å². The molecule has 0 aliphatic rings. The van der Waals surface area contributed by atoms with E-state index in [0.29, 0.717) is 11.3 Å². The summed E-state index contributed by atoms with van der Waals surface area (Å²) in [4.78, 5) is 11.1. The Hall–Kier alpha value is -1.75. The van der Waals surface area contributed by atoms with Crippen molar-refractivity contribution in [3.8, 4) is 5.75 Å². The Bertz CT molecular complexity index is 432. The maximum Gasteiger partial charge on any atom is 0.248 e. The lowest BCUT2D eigenvalue weighted by Gasteiger charge is -2.03. The molecular weight excluding hydrogens is 229 g/mol. The molecule has 5 heteroatoms. The standard InChI is InChI=1S/C11H10FNO2S/c1-15-10-4-3-9(12)6-8(10)2-5-11(14)13-7-16/h2-7H,1H3,(H,13,14,16). The molecule has 0 saturated heterocycles. The number of hydrogen-bond donors (Lipinski definition) is 1. The number of benzene rings is 1. The predicted octanol–water partition coefficient (Wildman–Crippen LogP) is 1.92. The number of carbonyl (C=O) groups excluding carboxylic acids is 1. The molecule has 0 aliphatic carbocycles. The van der Waals surface area contributed by atoms with Crippen LogP contribution in [-0.2, 0) is 4.79 Å². The average molecular weight is 239 g/mol. The van der Waals surface area contributed by atoms with Crippen molar-refractivity contribution in [3.05, 3.63) is 35.7 Å².